The van der Waals surface area contributed by atoms with Crippen molar-refractivity contribution in [2.24, 2.45) is 0 Å². The first-order valence-corrected chi connectivity index (χ1v) is 9.68. The predicted molar refractivity (Wildman–Crippen MR) is 88.1 cm³/mol. The van der Waals surface area contributed by atoms with Crippen LogP contribution in [-0.2, 0) is 16.3 Å². The van der Waals surface area contributed by atoms with Gasteiger partial charge in [-0.15, -0.1) is 0 Å². The molecule has 1 heterocycles. The molecule has 1 fully saturated rings. The summed E-state index contributed by atoms with van der Waals surface area (Å²) in [4.78, 5) is 1.93. The summed E-state index contributed by atoms with van der Waals surface area (Å²) in [5, 5.41) is 8.35. The molecular formula is C14H19N3O2S2. The van der Waals surface area contributed by atoms with Gasteiger partial charge < -0.3 is 10.6 Å². The third kappa shape index (κ3) is 3.44. The molecule has 2 rings (SSSR count). The van der Waals surface area contributed by atoms with Gasteiger partial charge in [0.25, 0.3) is 0 Å². The fourth-order valence-corrected chi connectivity index (χ4v) is 5.37. The van der Waals surface area contributed by atoms with Gasteiger partial charge in [-0.3, -0.25) is 0 Å². The second-order valence-electron chi connectivity index (χ2n) is 4.89. The highest BCUT2D eigenvalue weighted by molar-refractivity contribution is 8.01. The number of nitrogen functional groups attached to an aromatic ring is 1. The van der Waals surface area contributed by atoms with Crippen LogP contribution >= 0.6 is 11.8 Å². The molecule has 0 bridgehead atoms. The Morgan fingerprint density at radius 1 is 1.52 bits per heavy atom. The number of anilines is 2. The predicted octanol–water partition coefficient (Wildman–Crippen LogP) is 1.65. The topological polar surface area (TPSA) is 87.2 Å². The molecular weight excluding hydrogens is 306 g/mol. The molecule has 0 aromatic heterocycles. The van der Waals surface area contributed by atoms with Crippen LogP contribution < -0.4 is 10.6 Å². The molecule has 1 aliphatic heterocycles. The monoisotopic (exact) mass is 325 g/mol. The average molecular weight is 325 g/mol. The van der Waals surface area contributed by atoms with Crippen molar-refractivity contribution in [3.8, 4) is 6.07 Å². The summed E-state index contributed by atoms with van der Waals surface area (Å²) in [6.45, 7) is 2.36. The van der Waals surface area contributed by atoms with Crippen LogP contribution in [0.2, 0.25) is 0 Å². The van der Waals surface area contributed by atoms with Crippen LogP contribution in [0.25, 0.3) is 0 Å². The Labute approximate surface area is 130 Å². The Balaban J connectivity index is 2.38. The maximum absolute atomic E-state index is 12.3. The van der Waals surface area contributed by atoms with E-state index in [4.69, 9.17) is 11.0 Å². The van der Waals surface area contributed by atoms with Crippen LogP contribution in [0.15, 0.2) is 18.2 Å². The molecule has 5 nitrogen and oxygen atoms in total. The van der Waals surface area contributed by atoms with Gasteiger partial charge in [-0.2, -0.15) is 17.0 Å². The minimum absolute atomic E-state index is 0.134. The van der Waals surface area contributed by atoms with Crippen molar-refractivity contribution < 1.29 is 8.42 Å². The Morgan fingerprint density at radius 2 is 2.29 bits per heavy atom. The lowest BCUT2D eigenvalue weighted by atomic mass is 10.1. The smallest absolute Gasteiger partial charge is 0.171 e. The maximum Gasteiger partial charge on any atom is 0.171 e. The molecule has 1 unspecified atom stereocenters. The summed E-state index contributed by atoms with van der Waals surface area (Å²) in [6.07, 6.45) is 0.230. The van der Waals surface area contributed by atoms with Gasteiger partial charge in [-0.25, -0.2) is 8.42 Å². The van der Waals surface area contributed by atoms with Crippen molar-refractivity contribution in [2.45, 2.75) is 18.7 Å². The van der Waals surface area contributed by atoms with E-state index in [1.807, 2.05) is 17.0 Å². The molecule has 1 atom stereocenters. The Morgan fingerprint density at radius 3 is 2.95 bits per heavy atom. The van der Waals surface area contributed by atoms with Gasteiger partial charge in [-0.05, 0) is 23.8 Å². The quantitative estimate of drug-likeness (QED) is 0.847. The molecule has 0 saturated carbocycles. The van der Waals surface area contributed by atoms with Crippen molar-refractivity contribution in [1.82, 2.24) is 0 Å². The zero-order chi connectivity index (χ0) is 15.5. The summed E-state index contributed by atoms with van der Waals surface area (Å²) in [5.74, 6) is 1.61. The number of nitrogens with zero attached hydrogens (tertiary/aromatic N) is 2. The van der Waals surface area contributed by atoms with Gasteiger partial charge in [0.2, 0.25) is 0 Å². The van der Waals surface area contributed by atoms with E-state index in [2.05, 4.69) is 6.07 Å². The number of sulfone groups is 1. The number of nitriles is 1. The van der Waals surface area contributed by atoms with Crippen molar-refractivity contribution in [3.63, 3.8) is 0 Å². The number of hydrogen-bond donors (Lipinski definition) is 1. The molecule has 7 heteroatoms. The Kier molecular flexibility index (Phi) is 5.01. The van der Waals surface area contributed by atoms with E-state index in [9.17, 15) is 8.42 Å². The van der Waals surface area contributed by atoms with Crippen molar-refractivity contribution in [1.29, 1.82) is 5.26 Å². The normalized spacial score (nSPS) is 19.2. The van der Waals surface area contributed by atoms with Gasteiger partial charge in [0.1, 0.15) is 5.37 Å². The molecule has 21 heavy (non-hydrogen) atoms. The standard InChI is InChI=1S/C14H19N3O2S2/c1-2-21(18,19)14-10-20-8-7-17(14)12-3-4-13(16)11(9-12)5-6-15/h3-4,9,14H,2,5,7-8,10,16H2,1H3. The third-order valence-electron chi connectivity index (χ3n) is 3.63. The van der Waals surface area contributed by atoms with Crippen LogP contribution in [-0.4, -0.2) is 37.6 Å². The largest absolute Gasteiger partial charge is 0.398 e. The highest BCUT2D eigenvalue weighted by atomic mass is 32.2. The lowest BCUT2D eigenvalue weighted by molar-refractivity contribution is 0.579. The van der Waals surface area contributed by atoms with E-state index >= 15 is 0 Å². The highest BCUT2D eigenvalue weighted by Gasteiger charge is 2.33. The number of hydrogen-bond acceptors (Lipinski definition) is 6. The van der Waals surface area contributed by atoms with Crippen LogP contribution in [0.1, 0.15) is 12.5 Å². The van der Waals surface area contributed by atoms with Gasteiger partial charge in [0.05, 0.1) is 12.5 Å². The average Bonchev–Trinajstić information content (AvgIpc) is 2.50. The van der Waals surface area contributed by atoms with Crippen LogP contribution in [0.3, 0.4) is 0 Å². The third-order valence-corrected chi connectivity index (χ3v) is 6.92. The second-order valence-corrected chi connectivity index (χ2v) is 8.49. The summed E-state index contributed by atoms with van der Waals surface area (Å²) in [7, 11) is -3.14. The minimum atomic E-state index is -3.14. The van der Waals surface area contributed by atoms with Crippen molar-refractivity contribution >= 4 is 33.0 Å². The lowest BCUT2D eigenvalue weighted by Crippen LogP contribution is -2.48. The van der Waals surface area contributed by atoms with E-state index in [1.54, 1.807) is 24.8 Å². The first kappa shape index (κ1) is 16.0. The van der Waals surface area contributed by atoms with Gasteiger partial charge in [0.15, 0.2) is 9.84 Å². The molecule has 0 aliphatic carbocycles. The molecule has 1 aromatic carbocycles. The minimum Gasteiger partial charge on any atom is -0.398 e. The fraction of sp³-hybridized carbons (Fsp3) is 0.500. The zero-order valence-electron chi connectivity index (χ0n) is 11.9. The number of nitrogens with two attached hydrogens (primary N) is 1. The Hall–Kier alpha value is -1.39. The number of benzene rings is 1. The van der Waals surface area contributed by atoms with E-state index in [-0.39, 0.29) is 12.2 Å². The van der Waals surface area contributed by atoms with Gasteiger partial charge in [-0.1, -0.05) is 6.92 Å². The van der Waals surface area contributed by atoms with Crippen LogP contribution in [0, 0.1) is 11.3 Å². The van der Waals surface area contributed by atoms with Crippen molar-refractivity contribution in [2.75, 3.05) is 34.4 Å². The number of rotatable bonds is 4. The lowest BCUT2D eigenvalue weighted by Gasteiger charge is -2.36. The van der Waals surface area contributed by atoms with E-state index in [0.29, 0.717) is 18.0 Å². The Bertz CT molecular complexity index is 653. The first-order chi connectivity index (χ1) is 9.99. The fourth-order valence-electron chi connectivity index (χ4n) is 2.38. The van der Waals surface area contributed by atoms with E-state index < -0.39 is 15.2 Å². The summed E-state index contributed by atoms with van der Waals surface area (Å²) in [5.41, 5.74) is 8.01. The molecule has 114 valence electrons. The molecule has 0 radical (unpaired) electrons. The molecule has 1 aliphatic rings. The first-order valence-electron chi connectivity index (χ1n) is 6.81. The van der Waals surface area contributed by atoms with Crippen molar-refractivity contribution in [3.05, 3.63) is 23.8 Å². The molecule has 0 spiro atoms. The van der Waals surface area contributed by atoms with E-state index in [1.165, 1.54) is 0 Å². The SMILES string of the molecule is CCS(=O)(=O)C1CSCCN1c1ccc(N)c(CC#N)c1. The van der Waals surface area contributed by atoms with Gasteiger partial charge >= 0.3 is 0 Å². The molecule has 1 aromatic rings. The highest BCUT2D eigenvalue weighted by Crippen LogP contribution is 2.29. The van der Waals surface area contributed by atoms with E-state index in [0.717, 1.165) is 17.0 Å². The molecule has 1 saturated heterocycles. The summed E-state index contributed by atoms with van der Waals surface area (Å²) >= 11 is 1.66. The maximum atomic E-state index is 12.3. The van der Waals surface area contributed by atoms with Crippen LogP contribution in [0.4, 0.5) is 11.4 Å². The second kappa shape index (κ2) is 6.58. The number of thioether (sulfide) groups is 1. The molecule has 0 amide bonds. The molecule has 2 N–H and O–H groups in total. The summed E-state index contributed by atoms with van der Waals surface area (Å²) in [6, 6.07) is 7.51. The zero-order valence-corrected chi connectivity index (χ0v) is 13.6. The van der Waals surface area contributed by atoms with Crippen LogP contribution in [0.5, 0.6) is 0 Å². The van der Waals surface area contributed by atoms with Gasteiger partial charge in [0, 0.05) is 35.2 Å². The summed E-state index contributed by atoms with van der Waals surface area (Å²) < 4.78 is 24.6.